The van der Waals surface area contributed by atoms with E-state index in [9.17, 15) is 9.59 Å². The van der Waals surface area contributed by atoms with E-state index < -0.39 is 0 Å². The standard InChI is InChI=1S/C19H33NO3/c1-3-20(4-2)19(22)23-18-11-10-16(13-17(18)14-21)12-15-8-6-5-7-9-15/h14-18H,3-13H2,1-2H3. The Morgan fingerprint density at radius 3 is 2.35 bits per heavy atom. The van der Waals surface area contributed by atoms with Crippen molar-refractivity contribution in [1.29, 1.82) is 0 Å². The molecule has 0 radical (unpaired) electrons. The van der Waals surface area contributed by atoms with E-state index in [-0.39, 0.29) is 18.1 Å². The number of amides is 1. The summed E-state index contributed by atoms with van der Waals surface area (Å²) in [5.74, 6) is 1.38. The maximum atomic E-state index is 12.1. The number of ether oxygens (including phenoxy) is 1. The number of hydrogen-bond acceptors (Lipinski definition) is 3. The van der Waals surface area contributed by atoms with Crippen molar-refractivity contribution in [3.05, 3.63) is 0 Å². The Hall–Kier alpha value is -1.06. The average Bonchev–Trinajstić information content (AvgIpc) is 2.58. The van der Waals surface area contributed by atoms with Crippen LogP contribution >= 0.6 is 0 Å². The average molecular weight is 323 g/mol. The molecular formula is C19H33NO3. The first-order valence-corrected chi connectivity index (χ1v) is 9.58. The van der Waals surface area contributed by atoms with Crippen LogP contribution in [0.3, 0.4) is 0 Å². The van der Waals surface area contributed by atoms with Gasteiger partial charge in [-0.05, 0) is 51.4 Å². The number of hydrogen-bond donors (Lipinski definition) is 0. The molecule has 4 nitrogen and oxygen atoms in total. The number of rotatable bonds is 6. The van der Waals surface area contributed by atoms with Crippen molar-refractivity contribution in [2.24, 2.45) is 17.8 Å². The Balaban J connectivity index is 1.83. The fourth-order valence-corrected chi connectivity index (χ4v) is 4.35. The van der Waals surface area contributed by atoms with Crippen molar-refractivity contribution in [3.63, 3.8) is 0 Å². The lowest BCUT2D eigenvalue weighted by atomic mass is 9.74. The minimum Gasteiger partial charge on any atom is -0.445 e. The van der Waals surface area contributed by atoms with Crippen LogP contribution < -0.4 is 0 Å². The maximum Gasteiger partial charge on any atom is 0.410 e. The van der Waals surface area contributed by atoms with Crippen LogP contribution in [-0.4, -0.2) is 36.5 Å². The Morgan fingerprint density at radius 1 is 1.04 bits per heavy atom. The number of carbonyl (C=O) groups excluding carboxylic acids is 2. The number of nitrogens with zero attached hydrogens (tertiary/aromatic N) is 1. The molecule has 2 aliphatic rings. The summed E-state index contributed by atoms with van der Waals surface area (Å²) in [6.45, 7) is 5.20. The van der Waals surface area contributed by atoms with Crippen LogP contribution in [0.4, 0.5) is 4.79 Å². The van der Waals surface area contributed by atoms with Crippen molar-refractivity contribution in [1.82, 2.24) is 4.90 Å². The quantitative estimate of drug-likeness (QED) is 0.680. The maximum absolute atomic E-state index is 12.1. The first-order chi connectivity index (χ1) is 11.2. The third kappa shape index (κ3) is 5.22. The van der Waals surface area contributed by atoms with Gasteiger partial charge in [-0.15, -0.1) is 0 Å². The van der Waals surface area contributed by atoms with Crippen molar-refractivity contribution >= 4 is 12.4 Å². The van der Waals surface area contributed by atoms with Crippen LogP contribution in [-0.2, 0) is 9.53 Å². The molecule has 0 aromatic carbocycles. The topological polar surface area (TPSA) is 46.6 Å². The van der Waals surface area contributed by atoms with Gasteiger partial charge in [-0.2, -0.15) is 0 Å². The molecule has 0 heterocycles. The summed E-state index contributed by atoms with van der Waals surface area (Å²) in [6, 6.07) is 0. The van der Waals surface area contributed by atoms with Crippen LogP contribution in [0.2, 0.25) is 0 Å². The van der Waals surface area contributed by atoms with E-state index in [4.69, 9.17) is 4.74 Å². The summed E-state index contributed by atoms with van der Waals surface area (Å²) in [6.07, 6.45) is 11.5. The van der Waals surface area contributed by atoms with E-state index in [1.54, 1.807) is 4.90 Å². The summed E-state index contributed by atoms with van der Waals surface area (Å²) in [5, 5.41) is 0. The lowest BCUT2D eigenvalue weighted by molar-refractivity contribution is -0.117. The van der Waals surface area contributed by atoms with Crippen molar-refractivity contribution in [2.45, 2.75) is 77.7 Å². The molecule has 0 aromatic rings. The van der Waals surface area contributed by atoms with E-state index in [1.807, 2.05) is 13.8 Å². The van der Waals surface area contributed by atoms with E-state index in [2.05, 4.69) is 0 Å². The molecule has 2 rings (SSSR count). The van der Waals surface area contributed by atoms with Crippen molar-refractivity contribution in [3.8, 4) is 0 Å². The summed E-state index contributed by atoms with van der Waals surface area (Å²) >= 11 is 0. The molecule has 3 unspecified atom stereocenters. The smallest absolute Gasteiger partial charge is 0.410 e. The normalized spacial score (nSPS) is 29.0. The second kappa shape index (κ2) is 9.29. The minimum atomic E-state index is -0.266. The van der Waals surface area contributed by atoms with Crippen LogP contribution in [0.25, 0.3) is 0 Å². The highest BCUT2D eigenvalue weighted by Crippen LogP contribution is 2.37. The summed E-state index contributed by atoms with van der Waals surface area (Å²) in [4.78, 5) is 25.3. The van der Waals surface area contributed by atoms with Crippen LogP contribution in [0, 0.1) is 17.8 Å². The predicted molar refractivity (Wildman–Crippen MR) is 91.3 cm³/mol. The SMILES string of the molecule is CCN(CC)C(=O)OC1CCC(CC2CCCCC2)CC1C=O. The van der Waals surface area contributed by atoms with Gasteiger partial charge < -0.3 is 14.4 Å². The number of aldehydes is 1. The van der Waals surface area contributed by atoms with Gasteiger partial charge in [0.1, 0.15) is 12.4 Å². The third-order valence-corrected chi connectivity index (χ3v) is 5.78. The highest BCUT2D eigenvalue weighted by molar-refractivity contribution is 5.68. The van der Waals surface area contributed by atoms with Gasteiger partial charge >= 0.3 is 6.09 Å². The lowest BCUT2D eigenvalue weighted by Gasteiger charge is -2.36. The van der Waals surface area contributed by atoms with Gasteiger partial charge in [0.2, 0.25) is 0 Å². The van der Waals surface area contributed by atoms with Crippen molar-refractivity contribution < 1.29 is 14.3 Å². The second-order valence-electron chi connectivity index (χ2n) is 7.31. The molecule has 1 amide bonds. The molecule has 0 aromatic heterocycles. The van der Waals surface area contributed by atoms with E-state index >= 15 is 0 Å². The van der Waals surface area contributed by atoms with E-state index in [0.717, 1.165) is 31.5 Å². The number of carbonyl (C=O) groups is 2. The molecule has 0 N–H and O–H groups in total. The zero-order chi connectivity index (χ0) is 16.7. The van der Waals surface area contributed by atoms with Gasteiger partial charge in [-0.25, -0.2) is 4.79 Å². The Kier molecular flexibility index (Phi) is 7.38. The molecule has 0 bridgehead atoms. The van der Waals surface area contributed by atoms with Gasteiger partial charge in [0, 0.05) is 13.1 Å². The molecule has 2 aliphatic carbocycles. The summed E-state index contributed by atoms with van der Waals surface area (Å²) in [7, 11) is 0. The first kappa shape index (κ1) is 18.3. The highest BCUT2D eigenvalue weighted by atomic mass is 16.6. The summed E-state index contributed by atoms with van der Waals surface area (Å²) in [5.41, 5.74) is 0. The van der Waals surface area contributed by atoms with Gasteiger partial charge in [-0.3, -0.25) is 0 Å². The molecular weight excluding hydrogens is 290 g/mol. The lowest BCUT2D eigenvalue weighted by Crippen LogP contribution is -2.39. The fraction of sp³-hybridized carbons (Fsp3) is 0.895. The van der Waals surface area contributed by atoms with Crippen LogP contribution in [0.15, 0.2) is 0 Å². The zero-order valence-electron chi connectivity index (χ0n) is 14.8. The molecule has 2 saturated carbocycles. The Morgan fingerprint density at radius 2 is 1.74 bits per heavy atom. The van der Waals surface area contributed by atoms with E-state index in [0.29, 0.717) is 19.0 Å². The molecule has 132 valence electrons. The molecule has 3 atom stereocenters. The van der Waals surface area contributed by atoms with Gasteiger partial charge in [-0.1, -0.05) is 32.1 Å². The van der Waals surface area contributed by atoms with E-state index in [1.165, 1.54) is 38.5 Å². The predicted octanol–water partition coefficient (Wildman–Crippen LogP) is 4.42. The largest absolute Gasteiger partial charge is 0.445 e. The molecule has 0 saturated heterocycles. The van der Waals surface area contributed by atoms with Gasteiger partial charge in [0.25, 0.3) is 0 Å². The fourth-order valence-electron chi connectivity index (χ4n) is 4.35. The van der Waals surface area contributed by atoms with Crippen molar-refractivity contribution in [2.75, 3.05) is 13.1 Å². The third-order valence-electron chi connectivity index (χ3n) is 5.78. The minimum absolute atomic E-state index is 0.114. The zero-order valence-corrected chi connectivity index (χ0v) is 14.8. The summed E-state index contributed by atoms with van der Waals surface area (Å²) < 4.78 is 5.63. The van der Waals surface area contributed by atoms with Gasteiger partial charge in [0.05, 0.1) is 5.92 Å². The molecule has 0 aliphatic heterocycles. The Labute approximate surface area is 140 Å². The molecule has 0 spiro atoms. The molecule has 2 fully saturated rings. The first-order valence-electron chi connectivity index (χ1n) is 9.58. The molecule has 4 heteroatoms. The molecule has 23 heavy (non-hydrogen) atoms. The van der Waals surface area contributed by atoms with Gasteiger partial charge in [0.15, 0.2) is 0 Å². The highest BCUT2D eigenvalue weighted by Gasteiger charge is 2.34. The van der Waals surface area contributed by atoms with Crippen LogP contribution in [0.1, 0.15) is 71.6 Å². The second-order valence-corrected chi connectivity index (χ2v) is 7.31. The monoisotopic (exact) mass is 323 g/mol. The Bertz CT molecular complexity index is 375. The van der Waals surface area contributed by atoms with Crippen LogP contribution in [0.5, 0.6) is 0 Å².